The average molecular weight is 443 g/mol. The van der Waals surface area contributed by atoms with E-state index in [2.05, 4.69) is 4.72 Å². The summed E-state index contributed by atoms with van der Waals surface area (Å²) in [6, 6.07) is 12.6. The third kappa shape index (κ3) is 4.62. The van der Waals surface area contributed by atoms with Crippen molar-refractivity contribution >= 4 is 32.9 Å². The maximum absolute atomic E-state index is 12.6. The summed E-state index contributed by atoms with van der Waals surface area (Å²) >= 11 is 0. The van der Waals surface area contributed by atoms with Gasteiger partial charge in [-0.2, -0.15) is 0 Å². The van der Waals surface area contributed by atoms with E-state index in [9.17, 15) is 18.0 Å². The molecule has 1 fully saturated rings. The van der Waals surface area contributed by atoms with Crippen LogP contribution in [0.15, 0.2) is 57.8 Å². The molecule has 1 aromatic heterocycles. The standard InChI is InChI=1S/C22H21NO7S/c1-2-28-22(25)20-18(17-8-3-4-9-19(17)30-20)13-29-21(24)14-6-5-7-16(12-14)31(26,27)23-15-10-11-15/h3-9,12,15,23H,2,10-11,13H2,1H3. The number of benzene rings is 2. The molecule has 0 radical (unpaired) electrons. The smallest absolute Gasteiger partial charge is 0.374 e. The van der Waals surface area contributed by atoms with Gasteiger partial charge in [0.2, 0.25) is 15.8 Å². The summed E-state index contributed by atoms with van der Waals surface area (Å²) < 4.78 is 43.4. The minimum absolute atomic E-state index is 0.00479. The van der Waals surface area contributed by atoms with E-state index < -0.39 is 22.0 Å². The molecule has 0 atom stereocenters. The van der Waals surface area contributed by atoms with Gasteiger partial charge in [-0.3, -0.25) is 0 Å². The number of carbonyl (C=O) groups is 2. The number of ether oxygens (including phenoxy) is 2. The van der Waals surface area contributed by atoms with Crippen molar-refractivity contribution in [3.63, 3.8) is 0 Å². The first-order valence-electron chi connectivity index (χ1n) is 9.86. The molecule has 0 aliphatic heterocycles. The van der Waals surface area contributed by atoms with Crippen LogP contribution in [0.3, 0.4) is 0 Å². The van der Waals surface area contributed by atoms with Crippen molar-refractivity contribution in [3.05, 3.63) is 65.4 Å². The Morgan fingerprint density at radius 2 is 1.84 bits per heavy atom. The number of rotatable bonds is 8. The number of carbonyl (C=O) groups excluding carboxylic acids is 2. The van der Waals surface area contributed by atoms with Crippen molar-refractivity contribution in [1.82, 2.24) is 4.72 Å². The van der Waals surface area contributed by atoms with Crippen molar-refractivity contribution in [1.29, 1.82) is 0 Å². The van der Waals surface area contributed by atoms with Gasteiger partial charge < -0.3 is 13.9 Å². The summed E-state index contributed by atoms with van der Waals surface area (Å²) in [6.45, 7) is 1.62. The first kappa shape index (κ1) is 21.1. The monoisotopic (exact) mass is 443 g/mol. The Morgan fingerprint density at radius 3 is 2.58 bits per heavy atom. The highest BCUT2D eigenvalue weighted by atomic mass is 32.2. The van der Waals surface area contributed by atoms with Gasteiger partial charge in [0.25, 0.3) is 0 Å². The molecule has 0 bridgehead atoms. The highest BCUT2D eigenvalue weighted by molar-refractivity contribution is 7.89. The Morgan fingerprint density at radius 1 is 1.06 bits per heavy atom. The van der Waals surface area contributed by atoms with Gasteiger partial charge in [0.15, 0.2) is 0 Å². The third-order valence-corrected chi connectivity index (χ3v) is 6.30. The first-order chi connectivity index (χ1) is 14.9. The fourth-order valence-corrected chi connectivity index (χ4v) is 4.45. The summed E-state index contributed by atoms with van der Waals surface area (Å²) in [5.74, 6) is -1.40. The Hall–Kier alpha value is -3.17. The predicted octanol–water partition coefficient (Wildman–Crippen LogP) is 3.41. The molecule has 1 N–H and O–H groups in total. The van der Waals surface area contributed by atoms with E-state index in [1.165, 1.54) is 24.3 Å². The Labute approximate surface area is 179 Å². The number of hydrogen-bond donors (Lipinski definition) is 1. The van der Waals surface area contributed by atoms with Crippen LogP contribution in [0.25, 0.3) is 11.0 Å². The van der Waals surface area contributed by atoms with E-state index >= 15 is 0 Å². The molecule has 9 heteroatoms. The molecule has 2 aromatic carbocycles. The Balaban J connectivity index is 1.55. The fourth-order valence-electron chi connectivity index (χ4n) is 3.10. The summed E-state index contributed by atoms with van der Waals surface area (Å²) in [7, 11) is -3.70. The van der Waals surface area contributed by atoms with Gasteiger partial charge >= 0.3 is 11.9 Å². The lowest BCUT2D eigenvalue weighted by atomic mass is 10.1. The normalized spacial score (nSPS) is 13.8. The molecule has 8 nitrogen and oxygen atoms in total. The van der Waals surface area contributed by atoms with Crippen LogP contribution in [0.2, 0.25) is 0 Å². The van der Waals surface area contributed by atoms with Gasteiger partial charge in [0.05, 0.1) is 22.6 Å². The molecule has 0 spiro atoms. The number of esters is 2. The van der Waals surface area contributed by atoms with E-state index in [4.69, 9.17) is 13.9 Å². The number of sulfonamides is 1. The SMILES string of the molecule is CCOC(=O)c1oc2ccccc2c1COC(=O)c1cccc(S(=O)(=O)NC2CC2)c1. The van der Waals surface area contributed by atoms with Gasteiger partial charge in [-0.25, -0.2) is 22.7 Å². The molecule has 162 valence electrons. The van der Waals surface area contributed by atoms with Gasteiger partial charge in [-0.1, -0.05) is 24.3 Å². The molecule has 3 aromatic rings. The fraction of sp³-hybridized carbons (Fsp3) is 0.273. The summed E-state index contributed by atoms with van der Waals surface area (Å²) in [5.41, 5.74) is 0.946. The molecule has 0 saturated heterocycles. The predicted molar refractivity (Wildman–Crippen MR) is 111 cm³/mol. The van der Waals surface area contributed by atoms with Gasteiger partial charge in [0.1, 0.15) is 12.2 Å². The van der Waals surface area contributed by atoms with Crippen LogP contribution in [0, 0.1) is 0 Å². The van der Waals surface area contributed by atoms with Crippen molar-refractivity contribution in [2.24, 2.45) is 0 Å². The molecule has 31 heavy (non-hydrogen) atoms. The molecule has 1 heterocycles. The maximum Gasteiger partial charge on any atom is 0.374 e. The maximum atomic E-state index is 12.6. The lowest BCUT2D eigenvalue weighted by Gasteiger charge is -2.08. The highest BCUT2D eigenvalue weighted by Gasteiger charge is 2.28. The second-order valence-corrected chi connectivity index (χ2v) is 8.84. The number of para-hydroxylation sites is 1. The van der Waals surface area contributed by atoms with Gasteiger partial charge in [-0.05, 0) is 44.0 Å². The van der Waals surface area contributed by atoms with Crippen LogP contribution in [-0.4, -0.2) is 33.0 Å². The highest BCUT2D eigenvalue weighted by Crippen LogP contribution is 2.28. The zero-order valence-corrected chi connectivity index (χ0v) is 17.6. The van der Waals surface area contributed by atoms with E-state index in [0.717, 1.165) is 12.8 Å². The number of furan rings is 1. The minimum Gasteiger partial charge on any atom is -0.460 e. The van der Waals surface area contributed by atoms with Crippen LogP contribution in [0.1, 0.15) is 46.2 Å². The van der Waals surface area contributed by atoms with Gasteiger partial charge in [-0.15, -0.1) is 0 Å². The minimum atomic E-state index is -3.70. The molecule has 4 rings (SSSR count). The molecule has 1 saturated carbocycles. The van der Waals surface area contributed by atoms with E-state index in [1.54, 1.807) is 31.2 Å². The summed E-state index contributed by atoms with van der Waals surface area (Å²) in [4.78, 5) is 24.9. The third-order valence-electron chi connectivity index (χ3n) is 4.79. The molecule has 0 unspecified atom stereocenters. The van der Waals surface area contributed by atoms with Crippen molar-refractivity contribution in [2.45, 2.75) is 37.3 Å². The average Bonchev–Trinajstić information content (AvgIpc) is 3.49. The first-order valence-corrected chi connectivity index (χ1v) is 11.3. The zero-order chi connectivity index (χ0) is 22.0. The number of hydrogen-bond acceptors (Lipinski definition) is 7. The lowest BCUT2D eigenvalue weighted by molar-refractivity contribution is 0.0435. The summed E-state index contributed by atoms with van der Waals surface area (Å²) in [5, 5.41) is 0.628. The quantitative estimate of drug-likeness (QED) is 0.531. The lowest BCUT2D eigenvalue weighted by Crippen LogP contribution is -2.25. The summed E-state index contributed by atoms with van der Waals surface area (Å²) in [6.07, 6.45) is 1.62. The van der Waals surface area contributed by atoms with Crippen molar-refractivity contribution in [2.75, 3.05) is 6.61 Å². The van der Waals surface area contributed by atoms with Crippen molar-refractivity contribution < 1.29 is 31.9 Å². The van der Waals surface area contributed by atoms with Gasteiger partial charge in [0, 0.05) is 11.4 Å². The second-order valence-electron chi connectivity index (χ2n) is 7.13. The number of fused-ring (bicyclic) bond motifs is 1. The van der Waals surface area contributed by atoms with E-state index in [-0.39, 0.29) is 35.5 Å². The molecular weight excluding hydrogens is 422 g/mol. The zero-order valence-electron chi connectivity index (χ0n) is 16.8. The molecular formula is C22H21NO7S. The van der Waals surface area contributed by atoms with Crippen LogP contribution in [0.5, 0.6) is 0 Å². The Kier molecular flexibility index (Phi) is 5.79. The second kappa shape index (κ2) is 8.52. The topological polar surface area (TPSA) is 112 Å². The number of nitrogens with one attached hydrogen (secondary N) is 1. The molecule has 0 amide bonds. The van der Waals surface area contributed by atoms with E-state index in [1.807, 2.05) is 0 Å². The van der Waals surface area contributed by atoms with Crippen molar-refractivity contribution in [3.8, 4) is 0 Å². The van der Waals surface area contributed by atoms with Crippen LogP contribution in [-0.2, 0) is 26.1 Å². The van der Waals surface area contributed by atoms with Crippen LogP contribution in [0.4, 0.5) is 0 Å². The van der Waals surface area contributed by atoms with Crippen LogP contribution < -0.4 is 4.72 Å². The van der Waals surface area contributed by atoms with Crippen LogP contribution >= 0.6 is 0 Å². The van der Waals surface area contributed by atoms with E-state index in [0.29, 0.717) is 16.5 Å². The molecule has 1 aliphatic carbocycles. The largest absolute Gasteiger partial charge is 0.460 e. The Bertz CT molecular complexity index is 1240. The molecule has 1 aliphatic rings.